The maximum absolute atomic E-state index is 12.7. The molecule has 0 bridgehead atoms. The van der Waals surface area contributed by atoms with Crippen LogP contribution in [0.2, 0.25) is 0 Å². The first-order valence-electron chi connectivity index (χ1n) is 8.53. The Morgan fingerprint density at radius 2 is 2.09 bits per heavy atom. The normalized spacial score (nSPS) is 21.8. The monoisotopic (exact) mass is 320 g/mol. The zero-order chi connectivity index (χ0) is 16.4. The predicted molar refractivity (Wildman–Crippen MR) is 83.1 cm³/mol. The van der Waals surface area contributed by atoms with Crippen molar-refractivity contribution < 1.29 is 18.7 Å². The molecule has 0 unspecified atom stereocenters. The summed E-state index contributed by atoms with van der Waals surface area (Å²) in [5, 5.41) is 0. The van der Waals surface area contributed by atoms with Crippen LogP contribution in [0.1, 0.15) is 67.1 Å². The van der Waals surface area contributed by atoms with Gasteiger partial charge in [-0.3, -0.25) is 9.59 Å². The van der Waals surface area contributed by atoms with Crippen molar-refractivity contribution in [3.05, 3.63) is 17.3 Å². The van der Waals surface area contributed by atoms with Gasteiger partial charge >= 0.3 is 5.97 Å². The zero-order valence-corrected chi connectivity index (χ0v) is 13.8. The van der Waals surface area contributed by atoms with E-state index in [2.05, 4.69) is 4.98 Å². The van der Waals surface area contributed by atoms with E-state index in [0.29, 0.717) is 43.0 Å². The summed E-state index contributed by atoms with van der Waals surface area (Å²) >= 11 is 0. The Morgan fingerprint density at radius 1 is 1.30 bits per heavy atom. The highest BCUT2D eigenvalue weighted by Crippen LogP contribution is 2.36. The van der Waals surface area contributed by atoms with Gasteiger partial charge in [0.1, 0.15) is 5.76 Å². The first kappa shape index (κ1) is 16.0. The Balaban J connectivity index is 1.69. The zero-order valence-electron chi connectivity index (χ0n) is 13.8. The van der Waals surface area contributed by atoms with E-state index in [1.54, 1.807) is 18.7 Å². The molecule has 6 heteroatoms. The quantitative estimate of drug-likeness (QED) is 0.798. The molecular formula is C17H24N2O4. The van der Waals surface area contributed by atoms with Gasteiger partial charge in [-0.2, -0.15) is 0 Å². The molecule has 2 heterocycles. The molecule has 1 atom stereocenters. The van der Waals surface area contributed by atoms with Crippen molar-refractivity contribution in [2.24, 2.45) is 5.92 Å². The van der Waals surface area contributed by atoms with Gasteiger partial charge in [-0.1, -0.05) is 6.42 Å². The van der Waals surface area contributed by atoms with Crippen molar-refractivity contribution in [1.82, 2.24) is 9.88 Å². The molecule has 2 aliphatic rings. The summed E-state index contributed by atoms with van der Waals surface area (Å²) in [5.74, 6) is 1.06. The summed E-state index contributed by atoms with van der Waals surface area (Å²) in [5.41, 5.74) is 0.399. The molecule has 1 amide bonds. The van der Waals surface area contributed by atoms with E-state index < -0.39 is 0 Å². The van der Waals surface area contributed by atoms with Crippen LogP contribution in [0.3, 0.4) is 0 Å². The Bertz CT molecular complexity index is 591. The summed E-state index contributed by atoms with van der Waals surface area (Å²) in [4.78, 5) is 30.8. The second-order valence-electron chi connectivity index (χ2n) is 6.43. The van der Waals surface area contributed by atoms with Crippen LogP contribution in [0, 0.1) is 12.8 Å². The lowest BCUT2D eigenvalue weighted by Crippen LogP contribution is -2.43. The molecule has 3 rings (SSSR count). The standard InChI is InChI=1S/C17H24N2O4/c1-3-22-17(21)13-8-5-9-19(10-13)16(20)14-11(2)23-15(18-14)12-6-4-7-12/h12-13H,3-10H2,1-2H3/t13-/m0/s1. The van der Waals surface area contributed by atoms with Crippen molar-refractivity contribution in [2.75, 3.05) is 19.7 Å². The highest BCUT2D eigenvalue weighted by atomic mass is 16.5. The highest BCUT2D eigenvalue weighted by molar-refractivity contribution is 5.93. The van der Waals surface area contributed by atoms with E-state index in [1.807, 2.05) is 0 Å². The number of amides is 1. The number of likely N-dealkylation sites (tertiary alicyclic amines) is 1. The van der Waals surface area contributed by atoms with Gasteiger partial charge in [-0.15, -0.1) is 0 Å². The molecular weight excluding hydrogens is 296 g/mol. The molecule has 2 fully saturated rings. The van der Waals surface area contributed by atoms with Crippen molar-refractivity contribution in [2.45, 2.75) is 51.9 Å². The number of ether oxygens (including phenoxy) is 1. The average molecular weight is 320 g/mol. The molecule has 1 saturated carbocycles. The molecule has 0 radical (unpaired) electrons. The molecule has 0 spiro atoms. The van der Waals surface area contributed by atoms with Gasteiger partial charge in [0.25, 0.3) is 5.91 Å². The second kappa shape index (κ2) is 6.72. The van der Waals surface area contributed by atoms with E-state index in [4.69, 9.17) is 9.15 Å². The molecule has 6 nitrogen and oxygen atoms in total. The van der Waals surface area contributed by atoms with E-state index in [9.17, 15) is 9.59 Å². The van der Waals surface area contributed by atoms with Gasteiger partial charge in [0.2, 0.25) is 0 Å². The molecule has 1 aliphatic heterocycles. The van der Waals surface area contributed by atoms with Crippen molar-refractivity contribution >= 4 is 11.9 Å². The van der Waals surface area contributed by atoms with Gasteiger partial charge in [-0.25, -0.2) is 4.98 Å². The van der Waals surface area contributed by atoms with Crippen molar-refractivity contribution in [3.63, 3.8) is 0 Å². The van der Waals surface area contributed by atoms with E-state index in [1.165, 1.54) is 6.42 Å². The summed E-state index contributed by atoms with van der Waals surface area (Å²) in [6.45, 7) is 5.01. The van der Waals surface area contributed by atoms with E-state index in [-0.39, 0.29) is 17.8 Å². The third-order valence-corrected chi connectivity index (χ3v) is 4.80. The lowest BCUT2D eigenvalue weighted by molar-refractivity contribution is -0.149. The minimum Gasteiger partial charge on any atom is -0.466 e. The van der Waals surface area contributed by atoms with Gasteiger partial charge in [0.15, 0.2) is 11.6 Å². The largest absolute Gasteiger partial charge is 0.466 e. The Morgan fingerprint density at radius 3 is 2.74 bits per heavy atom. The predicted octanol–water partition coefficient (Wildman–Crippen LogP) is 2.67. The number of esters is 1. The van der Waals surface area contributed by atoms with Crippen LogP contribution >= 0.6 is 0 Å². The maximum atomic E-state index is 12.7. The fourth-order valence-corrected chi connectivity index (χ4v) is 3.21. The first-order chi connectivity index (χ1) is 11.1. The van der Waals surface area contributed by atoms with Crippen LogP contribution in [-0.4, -0.2) is 41.5 Å². The third kappa shape index (κ3) is 3.26. The topological polar surface area (TPSA) is 72.6 Å². The summed E-state index contributed by atoms with van der Waals surface area (Å²) < 4.78 is 10.8. The number of nitrogens with zero attached hydrogens (tertiary/aromatic N) is 2. The number of carbonyl (C=O) groups excluding carboxylic acids is 2. The van der Waals surface area contributed by atoms with Gasteiger partial charge in [-0.05, 0) is 39.5 Å². The molecule has 126 valence electrons. The van der Waals surface area contributed by atoms with Gasteiger partial charge in [0.05, 0.1) is 12.5 Å². The van der Waals surface area contributed by atoms with Crippen LogP contribution in [-0.2, 0) is 9.53 Å². The van der Waals surface area contributed by atoms with Gasteiger partial charge in [0, 0.05) is 19.0 Å². The lowest BCUT2D eigenvalue weighted by atomic mass is 9.85. The number of aryl methyl sites for hydroxylation is 1. The lowest BCUT2D eigenvalue weighted by Gasteiger charge is -2.31. The molecule has 23 heavy (non-hydrogen) atoms. The van der Waals surface area contributed by atoms with Gasteiger partial charge < -0.3 is 14.1 Å². The summed E-state index contributed by atoms with van der Waals surface area (Å²) in [7, 11) is 0. The minimum atomic E-state index is -0.231. The van der Waals surface area contributed by atoms with Crippen molar-refractivity contribution in [3.8, 4) is 0 Å². The highest BCUT2D eigenvalue weighted by Gasteiger charge is 2.33. The SMILES string of the molecule is CCOC(=O)[C@H]1CCCN(C(=O)c2nc(C3CCC3)oc2C)C1. The fourth-order valence-electron chi connectivity index (χ4n) is 3.21. The minimum absolute atomic E-state index is 0.133. The van der Waals surface area contributed by atoms with E-state index >= 15 is 0 Å². The Hall–Kier alpha value is -1.85. The Labute approximate surface area is 136 Å². The average Bonchev–Trinajstić information content (AvgIpc) is 2.86. The third-order valence-electron chi connectivity index (χ3n) is 4.80. The number of piperidine rings is 1. The van der Waals surface area contributed by atoms with Crippen molar-refractivity contribution in [1.29, 1.82) is 0 Å². The summed E-state index contributed by atoms with van der Waals surface area (Å²) in [6.07, 6.45) is 4.95. The molecule has 0 N–H and O–H groups in total. The molecule has 1 aromatic heterocycles. The maximum Gasteiger partial charge on any atom is 0.310 e. The number of hydrogen-bond donors (Lipinski definition) is 0. The molecule has 0 aromatic carbocycles. The number of aromatic nitrogens is 1. The second-order valence-corrected chi connectivity index (χ2v) is 6.43. The number of carbonyl (C=O) groups is 2. The van der Waals surface area contributed by atoms with Crippen LogP contribution in [0.15, 0.2) is 4.42 Å². The van der Waals surface area contributed by atoms with Crippen LogP contribution in [0.25, 0.3) is 0 Å². The molecule has 1 aliphatic carbocycles. The number of hydrogen-bond acceptors (Lipinski definition) is 5. The fraction of sp³-hybridized carbons (Fsp3) is 0.706. The van der Waals surface area contributed by atoms with Crippen LogP contribution < -0.4 is 0 Å². The van der Waals surface area contributed by atoms with E-state index in [0.717, 1.165) is 25.7 Å². The number of oxazole rings is 1. The Kier molecular flexibility index (Phi) is 4.68. The smallest absolute Gasteiger partial charge is 0.310 e. The molecule has 1 saturated heterocycles. The molecule has 1 aromatic rings. The number of rotatable bonds is 4. The van der Waals surface area contributed by atoms with Crippen LogP contribution in [0.4, 0.5) is 0 Å². The summed E-state index contributed by atoms with van der Waals surface area (Å²) in [6, 6.07) is 0. The first-order valence-corrected chi connectivity index (χ1v) is 8.53. The van der Waals surface area contributed by atoms with Crippen LogP contribution in [0.5, 0.6) is 0 Å².